The Balaban J connectivity index is 2.24. The number of hydrogen-bond donors (Lipinski definition) is 0. The largest absolute Gasteiger partial charge is 0.420 e. The smallest absolute Gasteiger partial charge is 0.346 e. The van der Waals surface area contributed by atoms with Gasteiger partial charge >= 0.3 is 5.97 Å². The second-order valence-electron chi connectivity index (χ2n) is 5.16. The molecular formula is C18H17F3O2. The van der Waals surface area contributed by atoms with Gasteiger partial charge in [-0.05, 0) is 42.2 Å². The molecule has 0 fully saturated rings. The summed E-state index contributed by atoms with van der Waals surface area (Å²) < 4.78 is 46.3. The third-order valence-corrected chi connectivity index (χ3v) is 3.50. The fourth-order valence-electron chi connectivity index (χ4n) is 2.25. The summed E-state index contributed by atoms with van der Waals surface area (Å²) in [6.45, 7) is 3.63. The molecule has 2 aromatic rings. The number of rotatable bonds is 5. The first-order chi connectivity index (χ1) is 11.0. The Morgan fingerprint density at radius 3 is 2.39 bits per heavy atom. The van der Waals surface area contributed by atoms with Crippen molar-refractivity contribution >= 4 is 5.97 Å². The lowest BCUT2D eigenvalue weighted by Crippen LogP contribution is -2.12. The van der Waals surface area contributed by atoms with Crippen molar-refractivity contribution in [2.45, 2.75) is 33.1 Å². The Morgan fingerprint density at radius 2 is 1.78 bits per heavy atom. The molecule has 0 bridgehead atoms. The van der Waals surface area contributed by atoms with Crippen molar-refractivity contribution in [2.75, 3.05) is 0 Å². The van der Waals surface area contributed by atoms with Gasteiger partial charge in [0, 0.05) is 0 Å². The quantitative estimate of drug-likeness (QED) is 0.582. The predicted octanol–water partition coefficient (Wildman–Crippen LogP) is 4.84. The molecule has 0 spiro atoms. The van der Waals surface area contributed by atoms with E-state index < -0.39 is 29.2 Å². The average molecular weight is 322 g/mol. The van der Waals surface area contributed by atoms with Crippen LogP contribution in [0, 0.1) is 17.5 Å². The van der Waals surface area contributed by atoms with Crippen LogP contribution in [0.3, 0.4) is 0 Å². The van der Waals surface area contributed by atoms with Crippen molar-refractivity contribution in [3.05, 3.63) is 64.5 Å². The minimum atomic E-state index is -1.25. The molecule has 0 N–H and O–H groups in total. The number of ether oxygens (including phenoxy) is 1. The molecule has 5 heteroatoms. The molecule has 0 aliphatic carbocycles. The monoisotopic (exact) mass is 322 g/mol. The summed E-state index contributed by atoms with van der Waals surface area (Å²) in [4.78, 5) is 12.0. The van der Waals surface area contributed by atoms with Gasteiger partial charge in [0.05, 0.1) is 5.56 Å². The van der Waals surface area contributed by atoms with Gasteiger partial charge in [-0.3, -0.25) is 0 Å². The maximum atomic E-state index is 14.0. The van der Waals surface area contributed by atoms with Crippen LogP contribution in [0.15, 0.2) is 30.3 Å². The molecule has 2 rings (SSSR count). The zero-order valence-electron chi connectivity index (χ0n) is 13.0. The van der Waals surface area contributed by atoms with Crippen LogP contribution in [-0.4, -0.2) is 5.97 Å². The minimum absolute atomic E-state index is 0.178. The van der Waals surface area contributed by atoms with Crippen molar-refractivity contribution in [1.29, 1.82) is 0 Å². The van der Waals surface area contributed by atoms with Crippen LogP contribution >= 0.6 is 0 Å². The first kappa shape index (κ1) is 17.1. The lowest BCUT2D eigenvalue weighted by molar-refractivity contribution is 0.0721. The van der Waals surface area contributed by atoms with Crippen LogP contribution in [0.4, 0.5) is 13.2 Å². The summed E-state index contributed by atoms with van der Waals surface area (Å²) in [5, 5.41) is 0. The Bertz CT molecular complexity index is 726. The molecule has 0 aliphatic heterocycles. The molecule has 0 amide bonds. The number of carbonyl (C=O) groups excluding carboxylic acids is 1. The van der Waals surface area contributed by atoms with E-state index in [2.05, 4.69) is 0 Å². The zero-order valence-corrected chi connectivity index (χ0v) is 13.0. The van der Waals surface area contributed by atoms with Gasteiger partial charge in [-0.25, -0.2) is 13.6 Å². The Hall–Kier alpha value is -2.30. The highest BCUT2D eigenvalue weighted by molar-refractivity contribution is 5.91. The van der Waals surface area contributed by atoms with E-state index in [1.807, 2.05) is 6.92 Å². The van der Waals surface area contributed by atoms with Gasteiger partial charge in [0.25, 0.3) is 0 Å². The summed E-state index contributed by atoms with van der Waals surface area (Å²) in [7, 11) is 0. The number of halogens is 3. The fraction of sp³-hybridized carbons (Fsp3) is 0.278. The zero-order chi connectivity index (χ0) is 17.0. The van der Waals surface area contributed by atoms with Crippen LogP contribution in [0.25, 0.3) is 0 Å². The lowest BCUT2D eigenvalue weighted by atomic mass is 10.1. The van der Waals surface area contributed by atoms with Gasteiger partial charge in [0.15, 0.2) is 11.6 Å². The summed E-state index contributed by atoms with van der Waals surface area (Å²) in [5.74, 6) is -4.67. The Labute approximate surface area is 132 Å². The summed E-state index contributed by atoms with van der Waals surface area (Å²) in [6, 6.07) is 6.65. The minimum Gasteiger partial charge on any atom is -0.420 e. The molecule has 0 radical (unpaired) electrons. The number of hydrogen-bond acceptors (Lipinski definition) is 2. The first-order valence-electron chi connectivity index (χ1n) is 7.45. The van der Waals surface area contributed by atoms with Crippen molar-refractivity contribution < 1.29 is 22.7 Å². The molecule has 0 atom stereocenters. The average Bonchev–Trinajstić information content (AvgIpc) is 2.52. The molecular weight excluding hydrogens is 305 g/mol. The Morgan fingerprint density at radius 1 is 1.04 bits per heavy atom. The molecule has 0 saturated carbocycles. The third-order valence-electron chi connectivity index (χ3n) is 3.50. The van der Waals surface area contributed by atoms with Gasteiger partial charge < -0.3 is 4.74 Å². The molecule has 0 aromatic heterocycles. The maximum Gasteiger partial charge on any atom is 0.346 e. The van der Waals surface area contributed by atoms with Crippen LogP contribution in [-0.2, 0) is 12.8 Å². The van der Waals surface area contributed by atoms with E-state index in [9.17, 15) is 18.0 Å². The van der Waals surface area contributed by atoms with E-state index >= 15 is 0 Å². The predicted molar refractivity (Wildman–Crippen MR) is 81.1 cm³/mol. The highest BCUT2D eigenvalue weighted by Gasteiger charge is 2.19. The van der Waals surface area contributed by atoms with E-state index in [1.54, 1.807) is 13.0 Å². The molecule has 23 heavy (non-hydrogen) atoms. The summed E-state index contributed by atoms with van der Waals surface area (Å²) >= 11 is 0. The van der Waals surface area contributed by atoms with Crippen molar-refractivity contribution in [3.63, 3.8) is 0 Å². The topological polar surface area (TPSA) is 26.3 Å². The number of esters is 1. The summed E-state index contributed by atoms with van der Waals surface area (Å²) in [5.41, 5.74) is 0.618. The third kappa shape index (κ3) is 3.73. The number of benzene rings is 2. The van der Waals surface area contributed by atoms with Gasteiger partial charge in [-0.2, -0.15) is 4.39 Å². The van der Waals surface area contributed by atoms with Crippen LogP contribution in [0.5, 0.6) is 5.75 Å². The van der Waals surface area contributed by atoms with E-state index in [-0.39, 0.29) is 11.1 Å². The summed E-state index contributed by atoms with van der Waals surface area (Å²) in [6.07, 6.45) is 1.84. The number of carbonyl (C=O) groups is 1. The van der Waals surface area contributed by atoms with Gasteiger partial charge in [0.1, 0.15) is 5.82 Å². The molecule has 122 valence electrons. The molecule has 0 unspecified atom stereocenters. The van der Waals surface area contributed by atoms with Crippen LogP contribution < -0.4 is 4.74 Å². The standard InChI is InChI=1S/C18H17F3O2/c1-3-5-11-6-8-13(14(19)10-11)18(22)23-15-9-7-12(4-2)16(20)17(15)21/h6-10H,3-5H2,1-2H3. The van der Waals surface area contributed by atoms with Crippen LogP contribution in [0.2, 0.25) is 0 Å². The van der Waals surface area contributed by atoms with E-state index in [4.69, 9.17) is 4.74 Å². The van der Waals surface area contributed by atoms with Gasteiger partial charge in [-0.1, -0.05) is 32.4 Å². The van der Waals surface area contributed by atoms with Crippen molar-refractivity contribution in [2.24, 2.45) is 0 Å². The first-order valence-corrected chi connectivity index (χ1v) is 7.45. The Kier molecular flexibility index (Phi) is 5.42. The second-order valence-corrected chi connectivity index (χ2v) is 5.16. The highest BCUT2D eigenvalue weighted by Crippen LogP contribution is 2.24. The van der Waals surface area contributed by atoms with Gasteiger partial charge in [-0.15, -0.1) is 0 Å². The normalized spacial score (nSPS) is 10.7. The number of aryl methyl sites for hydroxylation is 2. The molecule has 0 aliphatic rings. The van der Waals surface area contributed by atoms with E-state index in [1.165, 1.54) is 24.3 Å². The second kappa shape index (κ2) is 7.31. The van der Waals surface area contributed by atoms with Gasteiger partial charge in [0.2, 0.25) is 5.82 Å². The lowest BCUT2D eigenvalue weighted by Gasteiger charge is -2.09. The van der Waals surface area contributed by atoms with E-state index in [0.29, 0.717) is 12.8 Å². The fourth-order valence-corrected chi connectivity index (χ4v) is 2.25. The maximum absolute atomic E-state index is 14.0. The van der Waals surface area contributed by atoms with Crippen molar-refractivity contribution in [3.8, 4) is 5.75 Å². The molecule has 2 aromatic carbocycles. The van der Waals surface area contributed by atoms with Crippen molar-refractivity contribution in [1.82, 2.24) is 0 Å². The molecule has 0 saturated heterocycles. The highest BCUT2D eigenvalue weighted by atomic mass is 19.2. The van der Waals surface area contributed by atoms with Crippen LogP contribution in [0.1, 0.15) is 41.8 Å². The molecule has 0 heterocycles. The molecule has 2 nitrogen and oxygen atoms in total. The SMILES string of the molecule is CCCc1ccc(C(=O)Oc2ccc(CC)c(F)c2F)c(F)c1. The van der Waals surface area contributed by atoms with E-state index in [0.717, 1.165) is 12.0 Å².